The zero-order valence-electron chi connectivity index (χ0n) is 12.1. The van der Waals surface area contributed by atoms with E-state index in [1.807, 2.05) is 43.3 Å². The lowest BCUT2D eigenvalue weighted by molar-refractivity contribution is 0.0988. The predicted molar refractivity (Wildman–Crippen MR) is 81.2 cm³/mol. The molecule has 1 heterocycles. The molecule has 1 atom stereocenters. The molecule has 0 fully saturated rings. The Morgan fingerprint density at radius 3 is 2.60 bits per heavy atom. The molecular formula is C17H21NO2. The number of nitrogens with one attached hydrogen (secondary N) is 1. The van der Waals surface area contributed by atoms with Gasteiger partial charge in [-0.2, -0.15) is 0 Å². The van der Waals surface area contributed by atoms with Gasteiger partial charge in [0.05, 0.1) is 6.26 Å². The molecular weight excluding hydrogens is 250 g/mol. The van der Waals surface area contributed by atoms with Crippen LogP contribution in [0.25, 0.3) is 0 Å². The minimum atomic E-state index is 0.183. The maximum Gasteiger partial charge on any atom is 0.162 e. The topological polar surface area (TPSA) is 42.2 Å². The van der Waals surface area contributed by atoms with Gasteiger partial charge in [-0.3, -0.25) is 4.79 Å². The van der Waals surface area contributed by atoms with Crippen molar-refractivity contribution in [3.63, 3.8) is 0 Å². The molecule has 1 unspecified atom stereocenters. The highest BCUT2D eigenvalue weighted by Crippen LogP contribution is 2.14. The lowest BCUT2D eigenvalue weighted by Gasteiger charge is -2.14. The third-order valence-electron chi connectivity index (χ3n) is 3.34. The molecule has 0 amide bonds. The van der Waals surface area contributed by atoms with Crippen molar-refractivity contribution in [1.29, 1.82) is 0 Å². The quantitative estimate of drug-likeness (QED) is 0.763. The highest BCUT2D eigenvalue weighted by atomic mass is 16.3. The number of ketones is 1. The summed E-state index contributed by atoms with van der Waals surface area (Å²) in [5, 5.41) is 3.44. The van der Waals surface area contributed by atoms with Gasteiger partial charge in [-0.25, -0.2) is 0 Å². The van der Waals surface area contributed by atoms with Crippen LogP contribution >= 0.6 is 0 Å². The Kier molecular flexibility index (Phi) is 4.99. The van der Waals surface area contributed by atoms with Gasteiger partial charge in [0.2, 0.25) is 0 Å². The molecule has 20 heavy (non-hydrogen) atoms. The van der Waals surface area contributed by atoms with Crippen LogP contribution in [0.3, 0.4) is 0 Å². The Balaban J connectivity index is 1.84. The van der Waals surface area contributed by atoms with E-state index in [1.165, 1.54) is 0 Å². The van der Waals surface area contributed by atoms with Gasteiger partial charge in [0.1, 0.15) is 5.76 Å². The first-order chi connectivity index (χ1) is 9.69. The standard InChI is InChI=1S/C17H21NO2/c1-3-17(19)14-7-9-15(10-8-14)18-13(2)6-11-16-5-4-12-20-16/h4-5,7-10,12-13,18H,3,6,11H2,1-2H3. The number of furan rings is 1. The highest BCUT2D eigenvalue weighted by Gasteiger charge is 2.06. The monoisotopic (exact) mass is 271 g/mol. The first-order valence-electron chi connectivity index (χ1n) is 7.11. The van der Waals surface area contributed by atoms with Crippen LogP contribution in [0, 0.1) is 0 Å². The van der Waals surface area contributed by atoms with E-state index in [4.69, 9.17) is 4.42 Å². The fraction of sp³-hybridized carbons (Fsp3) is 0.353. The number of hydrogen-bond acceptors (Lipinski definition) is 3. The van der Waals surface area contributed by atoms with Gasteiger partial charge in [-0.05, 0) is 49.7 Å². The van der Waals surface area contributed by atoms with E-state index in [9.17, 15) is 4.79 Å². The fourth-order valence-electron chi connectivity index (χ4n) is 2.13. The number of Topliss-reactive ketones (excluding diaryl/α,β-unsaturated/α-hetero) is 1. The summed E-state index contributed by atoms with van der Waals surface area (Å²) in [6, 6.07) is 12.0. The molecule has 3 nitrogen and oxygen atoms in total. The Bertz CT molecular complexity index is 529. The molecule has 0 saturated carbocycles. The van der Waals surface area contributed by atoms with Gasteiger partial charge in [0.15, 0.2) is 5.78 Å². The van der Waals surface area contributed by atoms with Crippen LogP contribution in [0.4, 0.5) is 5.69 Å². The second-order valence-corrected chi connectivity index (χ2v) is 5.02. The van der Waals surface area contributed by atoms with Gasteiger partial charge in [0.25, 0.3) is 0 Å². The van der Waals surface area contributed by atoms with Gasteiger partial charge < -0.3 is 9.73 Å². The molecule has 2 rings (SSSR count). The van der Waals surface area contributed by atoms with Crippen LogP contribution in [0.2, 0.25) is 0 Å². The van der Waals surface area contributed by atoms with Gasteiger partial charge in [0, 0.05) is 30.1 Å². The van der Waals surface area contributed by atoms with Crippen molar-refractivity contribution in [2.45, 2.75) is 39.2 Å². The van der Waals surface area contributed by atoms with Gasteiger partial charge >= 0.3 is 0 Å². The molecule has 0 aliphatic rings. The fourth-order valence-corrected chi connectivity index (χ4v) is 2.13. The Hall–Kier alpha value is -2.03. The van der Waals surface area contributed by atoms with Gasteiger partial charge in [-0.1, -0.05) is 6.92 Å². The number of rotatable bonds is 7. The van der Waals surface area contributed by atoms with E-state index in [0.29, 0.717) is 12.5 Å². The zero-order valence-corrected chi connectivity index (χ0v) is 12.1. The number of benzene rings is 1. The van der Waals surface area contributed by atoms with Crippen LogP contribution in [-0.4, -0.2) is 11.8 Å². The Morgan fingerprint density at radius 1 is 1.25 bits per heavy atom. The lowest BCUT2D eigenvalue weighted by Crippen LogP contribution is -2.15. The van der Waals surface area contributed by atoms with Crippen molar-refractivity contribution >= 4 is 11.5 Å². The summed E-state index contributed by atoms with van der Waals surface area (Å²) in [5.41, 5.74) is 1.82. The maximum absolute atomic E-state index is 11.5. The number of hydrogen-bond donors (Lipinski definition) is 1. The summed E-state index contributed by atoms with van der Waals surface area (Å²) in [4.78, 5) is 11.5. The van der Waals surface area contributed by atoms with E-state index in [0.717, 1.165) is 29.9 Å². The molecule has 0 aliphatic carbocycles. The molecule has 0 spiro atoms. The molecule has 1 N–H and O–H groups in total. The Labute approximate surface area is 120 Å². The van der Waals surface area contributed by atoms with E-state index in [2.05, 4.69) is 12.2 Å². The maximum atomic E-state index is 11.5. The minimum absolute atomic E-state index is 0.183. The third kappa shape index (κ3) is 3.98. The van der Waals surface area contributed by atoms with E-state index in [-0.39, 0.29) is 5.78 Å². The minimum Gasteiger partial charge on any atom is -0.469 e. The molecule has 1 aromatic heterocycles. The lowest BCUT2D eigenvalue weighted by atomic mass is 10.1. The number of carbonyl (C=O) groups excluding carboxylic acids is 1. The molecule has 3 heteroatoms. The average Bonchev–Trinajstić information content (AvgIpc) is 2.98. The third-order valence-corrected chi connectivity index (χ3v) is 3.34. The molecule has 0 bridgehead atoms. The van der Waals surface area contributed by atoms with Crippen LogP contribution in [0.15, 0.2) is 47.1 Å². The van der Waals surface area contributed by atoms with Crippen molar-refractivity contribution in [2.24, 2.45) is 0 Å². The summed E-state index contributed by atoms with van der Waals surface area (Å²) < 4.78 is 5.32. The van der Waals surface area contributed by atoms with Crippen LogP contribution in [-0.2, 0) is 6.42 Å². The highest BCUT2D eigenvalue weighted by molar-refractivity contribution is 5.96. The van der Waals surface area contributed by atoms with Crippen molar-refractivity contribution in [2.75, 3.05) is 5.32 Å². The summed E-state index contributed by atoms with van der Waals surface area (Å²) in [7, 11) is 0. The van der Waals surface area contributed by atoms with Crippen LogP contribution < -0.4 is 5.32 Å². The average molecular weight is 271 g/mol. The molecule has 0 saturated heterocycles. The SMILES string of the molecule is CCC(=O)c1ccc(NC(C)CCc2ccco2)cc1. The number of carbonyl (C=O) groups is 1. The van der Waals surface area contributed by atoms with Crippen molar-refractivity contribution in [3.8, 4) is 0 Å². The zero-order chi connectivity index (χ0) is 14.4. The molecule has 0 aliphatic heterocycles. The second-order valence-electron chi connectivity index (χ2n) is 5.02. The van der Waals surface area contributed by atoms with E-state index >= 15 is 0 Å². The first kappa shape index (κ1) is 14.4. The summed E-state index contributed by atoms with van der Waals surface area (Å²) in [6.07, 6.45) is 4.18. The summed E-state index contributed by atoms with van der Waals surface area (Å²) in [5.74, 6) is 1.20. The van der Waals surface area contributed by atoms with Crippen LogP contribution in [0.5, 0.6) is 0 Å². The van der Waals surface area contributed by atoms with E-state index in [1.54, 1.807) is 6.26 Å². The van der Waals surface area contributed by atoms with Crippen molar-refractivity contribution in [3.05, 3.63) is 54.0 Å². The summed E-state index contributed by atoms with van der Waals surface area (Å²) >= 11 is 0. The second kappa shape index (κ2) is 6.94. The molecule has 1 aromatic carbocycles. The Morgan fingerprint density at radius 2 is 2.00 bits per heavy atom. The van der Waals surface area contributed by atoms with Crippen molar-refractivity contribution in [1.82, 2.24) is 0 Å². The predicted octanol–water partition coefficient (Wildman–Crippen LogP) is 4.31. The first-order valence-corrected chi connectivity index (χ1v) is 7.11. The number of aryl methyl sites for hydroxylation is 1. The number of anilines is 1. The van der Waals surface area contributed by atoms with Crippen molar-refractivity contribution < 1.29 is 9.21 Å². The smallest absolute Gasteiger partial charge is 0.162 e. The largest absolute Gasteiger partial charge is 0.469 e. The normalized spacial score (nSPS) is 12.1. The summed E-state index contributed by atoms with van der Waals surface area (Å²) in [6.45, 7) is 4.03. The molecule has 2 aromatic rings. The van der Waals surface area contributed by atoms with Crippen LogP contribution in [0.1, 0.15) is 42.8 Å². The van der Waals surface area contributed by atoms with E-state index < -0.39 is 0 Å². The molecule has 0 radical (unpaired) electrons. The molecule has 106 valence electrons. The van der Waals surface area contributed by atoms with Gasteiger partial charge in [-0.15, -0.1) is 0 Å².